The van der Waals surface area contributed by atoms with Crippen LogP contribution in [0.4, 0.5) is 19.0 Å². The van der Waals surface area contributed by atoms with Gasteiger partial charge < -0.3 is 15.2 Å². The first-order valence-electron chi connectivity index (χ1n) is 5.54. The second-order valence-electron chi connectivity index (χ2n) is 3.58. The molecular formula is C11H15F3N2O2. The van der Waals surface area contributed by atoms with Crippen LogP contribution in [0, 0.1) is 0 Å². The fourth-order valence-corrected chi connectivity index (χ4v) is 1.24. The lowest BCUT2D eigenvalue weighted by atomic mass is 10.2. The summed E-state index contributed by atoms with van der Waals surface area (Å²) >= 11 is 0. The van der Waals surface area contributed by atoms with Crippen LogP contribution >= 0.6 is 0 Å². The van der Waals surface area contributed by atoms with Crippen LogP contribution in [0.25, 0.3) is 0 Å². The van der Waals surface area contributed by atoms with Gasteiger partial charge >= 0.3 is 6.18 Å². The van der Waals surface area contributed by atoms with E-state index in [1.165, 1.54) is 0 Å². The number of aromatic nitrogens is 1. The summed E-state index contributed by atoms with van der Waals surface area (Å²) in [6.07, 6.45) is -3.69. The van der Waals surface area contributed by atoms with Crippen LogP contribution in [-0.4, -0.2) is 29.8 Å². The number of hydrogen-bond donors (Lipinski definition) is 2. The number of aliphatic hydroxyl groups is 1. The van der Waals surface area contributed by atoms with E-state index in [0.717, 1.165) is 18.6 Å². The van der Waals surface area contributed by atoms with Gasteiger partial charge in [0.05, 0.1) is 12.2 Å². The highest BCUT2D eigenvalue weighted by Gasteiger charge is 2.31. The van der Waals surface area contributed by atoms with Gasteiger partial charge in [-0.2, -0.15) is 18.2 Å². The van der Waals surface area contributed by atoms with Crippen LogP contribution in [0.15, 0.2) is 12.1 Å². The van der Waals surface area contributed by atoms with Gasteiger partial charge in [0, 0.05) is 12.6 Å². The molecule has 0 unspecified atom stereocenters. The summed E-state index contributed by atoms with van der Waals surface area (Å²) < 4.78 is 42.8. The number of anilines is 1. The Hall–Kier alpha value is -1.50. The molecule has 0 amide bonds. The zero-order valence-corrected chi connectivity index (χ0v) is 9.92. The molecule has 1 heterocycles. The Bertz CT molecular complexity index is 357. The van der Waals surface area contributed by atoms with E-state index in [0.29, 0.717) is 6.54 Å². The SMILES string of the molecule is CCCNc1cc(C(F)(F)F)cc(OCCO)n1. The van der Waals surface area contributed by atoms with E-state index in [1.807, 2.05) is 6.92 Å². The first-order chi connectivity index (χ1) is 8.47. The molecule has 1 aromatic rings. The van der Waals surface area contributed by atoms with Crippen LogP contribution < -0.4 is 10.1 Å². The maximum Gasteiger partial charge on any atom is 0.416 e. The van der Waals surface area contributed by atoms with Crippen molar-refractivity contribution in [3.63, 3.8) is 0 Å². The van der Waals surface area contributed by atoms with Crippen molar-refractivity contribution in [1.29, 1.82) is 0 Å². The molecule has 0 saturated carbocycles. The Balaban J connectivity index is 2.96. The van der Waals surface area contributed by atoms with Crippen molar-refractivity contribution in [3.8, 4) is 5.88 Å². The summed E-state index contributed by atoms with van der Waals surface area (Å²) in [7, 11) is 0. The molecule has 0 bridgehead atoms. The smallest absolute Gasteiger partial charge is 0.416 e. The Kier molecular flexibility index (Phi) is 5.21. The molecule has 0 spiro atoms. The number of ether oxygens (including phenoxy) is 1. The number of hydrogen-bond acceptors (Lipinski definition) is 4. The summed E-state index contributed by atoms with van der Waals surface area (Å²) in [6, 6.07) is 1.74. The molecule has 1 aromatic heterocycles. The van der Waals surface area contributed by atoms with Crippen molar-refractivity contribution < 1.29 is 23.0 Å². The molecule has 102 valence electrons. The fraction of sp³-hybridized carbons (Fsp3) is 0.545. The molecule has 0 fully saturated rings. The predicted octanol–water partition coefficient (Wildman–Crippen LogP) is 2.29. The molecule has 7 heteroatoms. The third-order valence-electron chi connectivity index (χ3n) is 2.03. The summed E-state index contributed by atoms with van der Waals surface area (Å²) in [5.41, 5.74) is -0.830. The lowest BCUT2D eigenvalue weighted by Crippen LogP contribution is -2.11. The van der Waals surface area contributed by atoms with Crippen molar-refractivity contribution in [2.24, 2.45) is 0 Å². The number of nitrogens with one attached hydrogen (secondary N) is 1. The van der Waals surface area contributed by atoms with Crippen molar-refractivity contribution in [2.75, 3.05) is 25.1 Å². The highest BCUT2D eigenvalue weighted by atomic mass is 19.4. The first kappa shape index (κ1) is 14.6. The number of alkyl halides is 3. The summed E-state index contributed by atoms with van der Waals surface area (Å²) in [5.74, 6) is -0.0444. The molecule has 18 heavy (non-hydrogen) atoms. The number of aliphatic hydroxyl groups excluding tert-OH is 1. The Labute approximate surface area is 103 Å². The highest BCUT2D eigenvalue weighted by molar-refractivity contribution is 5.42. The molecule has 0 atom stereocenters. The number of halogens is 3. The maximum absolute atomic E-state index is 12.6. The van der Waals surface area contributed by atoms with Gasteiger partial charge in [-0.3, -0.25) is 0 Å². The van der Waals surface area contributed by atoms with Crippen LogP contribution in [-0.2, 0) is 6.18 Å². The molecule has 0 aliphatic heterocycles. The lowest BCUT2D eigenvalue weighted by Gasteiger charge is -2.12. The Morgan fingerprint density at radius 3 is 2.67 bits per heavy atom. The average molecular weight is 264 g/mol. The minimum atomic E-state index is -4.46. The van der Waals surface area contributed by atoms with E-state index in [9.17, 15) is 13.2 Å². The Morgan fingerprint density at radius 1 is 1.39 bits per heavy atom. The quantitative estimate of drug-likeness (QED) is 0.827. The standard InChI is InChI=1S/C11H15F3N2O2/c1-2-3-15-9-6-8(11(12,13)14)7-10(16-9)18-5-4-17/h6-7,17H,2-5H2,1H3,(H,15,16). The molecule has 0 radical (unpaired) electrons. The van der Waals surface area contributed by atoms with Crippen molar-refractivity contribution in [1.82, 2.24) is 4.98 Å². The second kappa shape index (κ2) is 6.44. The van der Waals surface area contributed by atoms with E-state index < -0.39 is 11.7 Å². The van der Waals surface area contributed by atoms with Gasteiger partial charge in [-0.25, -0.2) is 0 Å². The Morgan fingerprint density at radius 2 is 2.11 bits per heavy atom. The van der Waals surface area contributed by atoms with E-state index >= 15 is 0 Å². The van der Waals surface area contributed by atoms with Gasteiger partial charge in [0.1, 0.15) is 12.4 Å². The number of pyridine rings is 1. The predicted molar refractivity (Wildman–Crippen MR) is 60.6 cm³/mol. The lowest BCUT2D eigenvalue weighted by molar-refractivity contribution is -0.137. The van der Waals surface area contributed by atoms with Crippen LogP contribution in [0.1, 0.15) is 18.9 Å². The third kappa shape index (κ3) is 4.40. The van der Waals surface area contributed by atoms with Crippen LogP contribution in [0.3, 0.4) is 0 Å². The molecule has 0 aliphatic carbocycles. The largest absolute Gasteiger partial charge is 0.475 e. The van der Waals surface area contributed by atoms with Crippen LogP contribution in [0.5, 0.6) is 5.88 Å². The molecule has 0 aromatic carbocycles. The van der Waals surface area contributed by atoms with Crippen molar-refractivity contribution >= 4 is 5.82 Å². The normalized spacial score (nSPS) is 11.4. The zero-order chi connectivity index (χ0) is 13.6. The highest BCUT2D eigenvalue weighted by Crippen LogP contribution is 2.32. The van der Waals surface area contributed by atoms with E-state index in [1.54, 1.807) is 0 Å². The fourth-order valence-electron chi connectivity index (χ4n) is 1.24. The molecular weight excluding hydrogens is 249 g/mol. The average Bonchev–Trinajstić information content (AvgIpc) is 2.32. The first-order valence-corrected chi connectivity index (χ1v) is 5.54. The van der Waals surface area contributed by atoms with Gasteiger partial charge in [-0.15, -0.1) is 0 Å². The molecule has 0 saturated heterocycles. The molecule has 0 aliphatic rings. The molecule has 2 N–H and O–H groups in total. The van der Waals surface area contributed by atoms with Crippen LogP contribution in [0.2, 0.25) is 0 Å². The van der Waals surface area contributed by atoms with E-state index in [2.05, 4.69) is 10.3 Å². The number of nitrogens with zero attached hydrogens (tertiary/aromatic N) is 1. The minimum absolute atomic E-state index is 0.0957. The van der Waals surface area contributed by atoms with E-state index in [-0.39, 0.29) is 24.9 Å². The maximum atomic E-state index is 12.6. The summed E-state index contributed by atoms with van der Waals surface area (Å²) in [5, 5.41) is 11.3. The van der Waals surface area contributed by atoms with Gasteiger partial charge in [-0.1, -0.05) is 6.92 Å². The zero-order valence-electron chi connectivity index (χ0n) is 9.92. The monoisotopic (exact) mass is 264 g/mol. The summed E-state index contributed by atoms with van der Waals surface area (Å²) in [6.45, 7) is 2.04. The van der Waals surface area contributed by atoms with Gasteiger partial charge in [-0.05, 0) is 12.5 Å². The molecule has 1 rings (SSSR count). The van der Waals surface area contributed by atoms with Crippen molar-refractivity contribution in [2.45, 2.75) is 19.5 Å². The topological polar surface area (TPSA) is 54.4 Å². The molecule has 4 nitrogen and oxygen atoms in total. The van der Waals surface area contributed by atoms with Crippen molar-refractivity contribution in [3.05, 3.63) is 17.7 Å². The number of rotatable bonds is 6. The summed E-state index contributed by atoms with van der Waals surface area (Å²) in [4.78, 5) is 3.88. The van der Waals surface area contributed by atoms with Gasteiger partial charge in [0.15, 0.2) is 0 Å². The minimum Gasteiger partial charge on any atom is -0.475 e. The third-order valence-corrected chi connectivity index (χ3v) is 2.03. The van der Waals surface area contributed by atoms with Gasteiger partial charge in [0.2, 0.25) is 5.88 Å². The second-order valence-corrected chi connectivity index (χ2v) is 3.58. The van der Waals surface area contributed by atoms with E-state index in [4.69, 9.17) is 9.84 Å². The van der Waals surface area contributed by atoms with Gasteiger partial charge in [0.25, 0.3) is 0 Å².